The molecule has 0 saturated heterocycles. The third-order valence-electron chi connectivity index (χ3n) is 15.7. The van der Waals surface area contributed by atoms with Gasteiger partial charge in [0.15, 0.2) is 5.72 Å². The summed E-state index contributed by atoms with van der Waals surface area (Å²) in [6.07, 6.45) is 45.7. The van der Waals surface area contributed by atoms with Gasteiger partial charge >= 0.3 is 5.97 Å². The van der Waals surface area contributed by atoms with Crippen LogP contribution in [0.2, 0.25) is 0 Å². The van der Waals surface area contributed by atoms with Crippen LogP contribution in [-0.2, 0) is 104 Å². The number of nitrogens with two attached hydrogens (primary N) is 1. The molecule has 0 rings (SSSR count). The minimum absolute atomic E-state index is 0.0997. The molecular weight excluding hydrogens is 1320 g/mol. The highest BCUT2D eigenvalue weighted by molar-refractivity contribution is 5.68. The molecule has 0 radical (unpaired) electrons. The van der Waals surface area contributed by atoms with Crippen LogP contribution in [0.3, 0.4) is 0 Å². The summed E-state index contributed by atoms with van der Waals surface area (Å²) >= 11 is 0. The SMILES string of the molecule is CCCCCCCC/C=C\CCCCCCCCOCCOCCOCCOCCOCCOCCOCCOCCOCCOCCOCCOCCOCCOCCOCCOCC(N)(CC(=O)O)OCCOCCOCCOCCOCCCCCCCC/C=C\CCCCCCCC. The molecule has 0 aliphatic carbocycles. The van der Waals surface area contributed by atoms with E-state index in [0.29, 0.717) is 225 Å². The molecule has 608 valence electrons. The predicted molar refractivity (Wildman–Crippen MR) is 400 cm³/mol. The van der Waals surface area contributed by atoms with Crippen LogP contribution in [0.4, 0.5) is 0 Å². The van der Waals surface area contributed by atoms with Crippen molar-refractivity contribution in [3.05, 3.63) is 24.3 Å². The van der Waals surface area contributed by atoms with Gasteiger partial charge in [0.05, 0.1) is 264 Å². The Balaban J connectivity index is 3.31. The van der Waals surface area contributed by atoms with E-state index in [1.54, 1.807) is 0 Å². The molecule has 24 heteroatoms. The number of carboxylic acid groups (broad SMARTS) is 1. The molecular formula is C78H153NO23. The summed E-state index contributed by atoms with van der Waals surface area (Å²) in [6, 6.07) is 0. The summed E-state index contributed by atoms with van der Waals surface area (Å²) in [6.45, 7) is 23.2. The van der Waals surface area contributed by atoms with E-state index in [1.807, 2.05) is 0 Å². The number of ether oxygens (including phenoxy) is 21. The summed E-state index contributed by atoms with van der Waals surface area (Å²) in [5.41, 5.74) is 4.71. The van der Waals surface area contributed by atoms with Gasteiger partial charge in [-0.15, -0.1) is 0 Å². The van der Waals surface area contributed by atoms with E-state index >= 15 is 0 Å². The first kappa shape index (κ1) is 100. The zero-order chi connectivity index (χ0) is 73.3. The Labute approximate surface area is 619 Å². The second kappa shape index (κ2) is 91.5. The third kappa shape index (κ3) is 90.5. The van der Waals surface area contributed by atoms with Crippen LogP contribution in [0.1, 0.15) is 200 Å². The maximum Gasteiger partial charge on any atom is 0.307 e. The first-order chi connectivity index (χ1) is 50.5. The minimum Gasteiger partial charge on any atom is -0.481 e. The van der Waals surface area contributed by atoms with Crippen molar-refractivity contribution >= 4 is 5.97 Å². The molecule has 0 aliphatic heterocycles. The van der Waals surface area contributed by atoms with Gasteiger partial charge in [-0.05, 0) is 64.2 Å². The highest BCUT2D eigenvalue weighted by Gasteiger charge is 2.30. The van der Waals surface area contributed by atoms with Crippen molar-refractivity contribution in [3.63, 3.8) is 0 Å². The predicted octanol–water partition coefficient (Wildman–Crippen LogP) is 12.5. The molecule has 0 saturated carbocycles. The molecule has 0 fully saturated rings. The summed E-state index contributed by atoms with van der Waals surface area (Å²) in [7, 11) is 0. The highest BCUT2D eigenvalue weighted by atomic mass is 16.6. The van der Waals surface area contributed by atoms with E-state index in [1.165, 1.54) is 167 Å². The fourth-order valence-electron chi connectivity index (χ4n) is 9.91. The number of carboxylic acids is 1. The van der Waals surface area contributed by atoms with Crippen molar-refractivity contribution in [1.29, 1.82) is 0 Å². The average Bonchev–Trinajstić information content (AvgIpc) is 1.07. The van der Waals surface area contributed by atoms with Crippen LogP contribution in [-0.4, -0.2) is 288 Å². The molecule has 1 atom stereocenters. The molecule has 3 N–H and O–H groups in total. The van der Waals surface area contributed by atoms with Crippen LogP contribution >= 0.6 is 0 Å². The Morgan fingerprint density at radius 3 is 0.608 bits per heavy atom. The topological polar surface area (TPSA) is 257 Å². The molecule has 0 heterocycles. The number of aliphatic carboxylic acids is 1. The van der Waals surface area contributed by atoms with Crippen LogP contribution in [0, 0.1) is 0 Å². The molecule has 0 amide bonds. The number of hydrogen-bond donors (Lipinski definition) is 2. The zero-order valence-electron chi connectivity index (χ0n) is 64.8. The first-order valence-corrected chi connectivity index (χ1v) is 40.0. The Kier molecular flexibility index (Phi) is 89.7. The van der Waals surface area contributed by atoms with Crippen molar-refractivity contribution in [3.8, 4) is 0 Å². The van der Waals surface area contributed by atoms with E-state index in [4.69, 9.17) is 105 Å². The highest BCUT2D eigenvalue weighted by Crippen LogP contribution is 2.14. The van der Waals surface area contributed by atoms with Crippen molar-refractivity contribution < 1.29 is 109 Å². The summed E-state index contributed by atoms with van der Waals surface area (Å²) in [5, 5.41) is 9.37. The monoisotopic (exact) mass is 1470 g/mol. The molecule has 102 heavy (non-hydrogen) atoms. The minimum atomic E-state index is -1.51. The fourth-order valence-corrected chi connectivity index (χ4v) is 9.91. The van der Waals surface area contributed by atoms with Gasteiger partial charge in [0, 0.05) is 13.2 Å². The Morgan fingerprint density at radius 1 is 0.235 bits per heavy atom. The van der Waals surface area contributed by atoms with Crippen molar-refractivity contribution in [2.75, 3.05) is 271 Å². The van der Waals surface area contributed by atoms with E-state index in [2.05, 4.69) is 38.2 Å². The van der Waals surface area contributed by atoms with E-state index in [9.17, 15) is 9.90 Å². The number of hydrogen-bond acceptors (Lipinski definition) is 23. The van der Waals surface area contributed by atoms with Crippen molar-refractivity contribution in [2.45, 2.75) is 206 Å². The van der Waals surface area contributed by atoms with Crippen LogP contribution < -0.4 is 5.73 Å². The van der Waals surface area contributed by atoms with Crippen LogP contribution in [0.5, 0.6) is 0 Å². The summed E-state index contributed by atoms with van der Waals surface area (Å²) in [4.78, 5) is 11.5. The number of carbonyl (C=O) groups is 1. The molecule has 24 nitrogen and oxygen atoms in total. The number of unbranched alkanes of at least 4 members (excludes halogenated alkanes) is 24. The summed E-state index contributed by atoms with van der Waals surface area (Å²) in [5.74, 6) is -1.10. The lowest BCUT2D eigenvalue weighted by atomic mass is 10.1. The van der Waals surface area contributed by atoms with Gasteiger partial charge in [-0.2, -0.15) is 0 Å². The number of rotatable bonds is 94. The Bertz CT molecular complexity index is 1620. The molecule has 0 spiro atoms. The standard InChI is InChI=1S/C78H153NO23/c1-3-5-7-9-11-13-15-17-19-21-23-25-27-29-31-33-35-82-37-39-84-41-43-86-45-46-87-47-48-88-49-50-89-51-52-90-53-54-91-55-56-92-57-58-93-59-60-94-61-62-95-63-64-96-65-66-97-67-68-99-71-72-101-76-78(79,75-77(80)81)102-74-73-100-70-69-98-44-42-85-40-38-83-36-34-32-30-28-26-24-22-20-18-16-14-12-10-8-6-4-2/h17-20H,3-16,21-76,79H2,1-2H3,(H,80,81)/b19-17-,20-18-. The number of allylic oxidation sites excluding steroid dienone is 4. The molecule has 0 aliphatic rings. The van der Waals surface area contributed by atoms with Crippen molar-refractivity contribution in [1.82, 2.24) is 0 Å². The normalized spacial score (nSPS) is 12.6. The maximum absolute atomic E-state index is 11.5. The smallest absolute Gasteiger partial charge is 0.307 e. The molecule has 0 aromatic heterocycles. The van der Waals surface area contributed by atoms with Gasteiger partial charge in [-0.3, -0.25) is 4.79 Å². The Hall–Kier alpha value is -1.93. The maximum atomic E-state index is 11.5. The first-order valence-electron chi connectivity index (χ1n) is 40.0. The lowest BCUT2D eigenvalue weighted by Crippen LogP contribution is -2.49. The van der Waals surface area contributed by atoms with Gasteiger partial charge in [0.1, 0.15) is 0 Å². The Morgan fingerprint density at radius 2 is 0.402 bits per heavy atom. The fraction of sp³-hybridized carbons (Fsp3) is 0.936. The van der Waals surface area contributed by atoms with Gasteiger partial charge in [-0.1, -0.05) is 154 Å². The van der Waals surface area contributed by atoms with Gasteiger partial charge in [-0.25, -0.2) is 0 Å². The molecule has 1 unspecified atom stereocenters. The average molecular weight is 1470 g/mol. The van der Waals surface area contributed by atoms with Gasteiger partial charge in [0.2, 0.25) is 0 Å². The van der Waals surface area contributed by atoms with E-state index in [-0.39, 0.29) is 33.0 Å². The molecule has 0 aromatic rings. The molecule has 0 aromatic carbocycles. The summed E-state index contributed by atoms with van der Waals surface area (Å²) < 4.78 is 117. The van der Waals surface area contributed by atoms with Gasteiger partial charge in [0.25, 0.3) is 0 Å². The molecule has 0 bridgehead atoms. The van der Waals surface area contributed by atoms with Gasteiger partial charge < -0.3 is 110 Å². The van der Waals surface area contributed by atoms with Crippen molar-refractivity contribution in [2.24, 2.45) is 5.73 Å². The second-order valence-electron chi connectivity index (χ2n) is 25.0. The third-order valence-corrected chi connectivity index (χ3v) is 15.7. The second-order valence-corrected chi connectivity index (χ2v) is 25.0. The lowest BCUT2D eigenvalue weighted by Gasteiger charge is -2.28. The van der Waals surface area contributed by atoms with E-state index in [0.717, 1.165) is 26.1 Å². The zero-order valence-corrected chi connectivity index (χ0v) is 64.8. The van der Waals surface area contributed by atoms with Crippen LogP contribution in [0.25, 0.3) is 0 Å². The lowest BCUT2D eigenvalue weighted by molar-refractivity contribution is -0.154. The van der Waals surface area contributed by atoms with E-state index < -0.39 is 18.1 Å². The largest absolute Gasteiger partial charge is 0.481 e. The van der Waals surface area contributed by atoms with Crippen LogP contribution in [0.15, 0.2) is 24.3 Å². The quantitative estimate of drug-likeness (QED) is 0.0326.